The number of amides is 1. The first-order chi connectivity index (χ1) is 11.9. The average molecular weight is 368 g/mol. The molecule has 1 unspecified atom stereocenters. The fourth-order valence-corrected chi connectivity index (χ4v) is 4.96. The molecule has 1 saturated heterocycles. The van der Waals surface area contributed by atoms with Gasteiger partial charge in [-0.2, -0.15) is 0 Å². The summed E-state index contributed by atoms with van der Waals surface area (Å²) in [7, 11) is -1.41. The fraction of sp³-hybridized carbons (Fsp3) is 0.632. The van der Waals surface area contributed by atoms with E-state index in [1.165, 1.54) is 11.1 Å². The number of hydrogen-bond donors (Lipinski definition) is 0. The van der Waals surface area contributed by atoms with E-state index in [0.717, 1.165) is 19.3 Å². The van der Waals surface area contributed by atoms with Crippen LogP contribution in [0.1, 0.15) is 36.8 Å². The van der Waals surface area contributed by atoms with Gasteiger partial charge in [-0.3, -0.25) is 4.79 Å². The van der Waals surface area contributed by atoms with Crippen LogP contribution in [0.4, 0.5) is 0 Å². The van der Waals surface area contributed by atoms with E-state index in [4.69, 9.17) is 4.74 Å². The van der Waals surface area contributed by atoms with E-state index in [0.29, 0.717) is 26.0 Å². The molecular formula is C19H29NO4S. The normalized spacial score (nSPS) is 19.0. The maximum Gasteiger partial charge on any atom is 0.222 e. The lowest BCUT2D eigenvalue weighted by Gasteiger charge is -2.28. The van der Waals surface area contributed by atoms with Crippen LogP contribution >= 0.6 is 0 Å². The maximum atomic E-state index is 12.6. The molecule has 1 aromatic rings. The average Bonchev–Trinajstić information content (AvgIpc) is 2.93. The molecule has 0 radical (unpaired) electrons. The Kier molecular flexibility index (Phi) is 7.44. The summed E-state index contributed by atoms with van der Waals surface area (Å²) in [6.07, 6.45) is 3.74. The molecule has 0 spiro atoms. The molecule has 1 aliphatic rings. The summed E-state index contributed by atoms with van der Waals surface area (Å²) in [5, 5.41) is 0. The Bertz CT molecular complexity index is 655. The molecule has 0 aliphatic carbocycles. The van der Waals surface area contributed by atoms with Crippen molar-refractivity contribution in [3.05, 3.63) is 35.4 Å². The Hall–Kier alpha value is -1.40. The molecule has 140 valence electrons. The van der Waals surface area contributed by atoms with Crippen molar-refractivity contribution in [2.75, 3.05) is 31.8 Å². The van der Waals surface area contributed by atoms with Gasteiger partial charge in [-0.1, -0.05) is 29.8 Å². The monoisotopic (exact) mass is 367 g/mol. The van der Waals surface area contributed by atoms with E-state index in [2.05, 4.69) is 31.2 Å². The van der Waals surface area contributed by atoms with Gasteiger partial charge in [-0.15, -0.1) is 0 Å². The Morgan fingerprint density at radius 2 is 1.96 bits per heavy atom. The molecule has 1 aromatic carbocycles. The van der Waals surface area contributed by atoms with Gasteiger partial charge in [-0.05, 0) is 38.2 Å². The molecule has 0 saturated carbocycles. The summed E-state index contributed by atoms with van der Waals surface area (Å²) in [4.78, 5) is 14.3. The number of carbonyl (C=O) groups is 1. The van der Waals surface area contributed by atoms with Crippen molar-refractivity contribution < 1.29 is 17.9 Å². The minimum atomic E-state index is -3.00. The Balaban J connectivity index is 1.81. The third-order valence-corrected chi connectivity index (χ3v) is 6.48. The molecule has 1 amide bonds. The third-order valence-electron chi connectivity index (χ3n) is 4.73. The highest BCUT2D eigenvalue weighted by Gasteiger charge is 2.34. The minimum Gasteiger partial charge on any atom is -0.383 e. The van der Waals surface area contributed by atoms with Gasteiger partial charge < -0.3 is 9.64 Å². The topological polar surface area (TPSA) is 63.7 Å². The Labute approximate surface area is 151 Å². The van der Waals surface area contributed by atoms with Gasteiger partial charge in [0.15, 0.2) is 9.84 Å². The molecule has 25 heavy (non-hydrogen) atoms. The second-order valence-corrected chi connectivity index (χ2v) is 9.06. The van der Waals surface area contributed by atoms with Crippen LogP contribution in [-0.2, 0) is 25.8 Å². The van der Waals surface area contributed by atoms with Crippen molar-refractivity contribution in [3.63, 3.8) is 0 Å². The van der Waals surface area contributed by atoms with Crippen LogP contribution in [0.3, 0.4) is 0 Å². The van der Waals surface area contributed by atoms with Crippen LogP contribution in [0.2, 0.25) is 0 Å². The number of hydrogen-bond acceptors (Lipinski definition) is 4. The summed E-state index contributed by atoms with van der Waals surface area (Å²) < 4.78 is 28.5. The van der Waals surface area contributed by atoms with Gasteiger partial charge in [0.1, 0.15) is 0 Å². The SMILES string of the molecule is COCCN(C(=O)CCCCc1ccc(C)cc1)C1CCS(=O)(=O)C1. The van der Waals surface area contributed by atoms with E-state index < -0.39 is 9.84 Å². The highest BCUT2D eigenvalue weighted by atomic mass is 32.2. The summed E-state index contributed by atoms with van der Waals surface area (Å²) >= 11 is 0. The number of methoxy groups -OCH3 is 1. The molecular weight excluding hydrogens is 338 g/mol. The lowest BCUT2D eigenvalue weighted by molar-refractivity contribution is -0.133. The second-order valence-electron chi connectivity index (χ2n) is 6.83. The molecule has 1 fully saturated rings. The fourth-order valence-electron chi connectivity index (χ4n) is 3.23. The van der Waals surface area contributed by atoms with Crippen molar-refractivity contribution in [2.45, 2.75) is 45.1 Å². The second kappa shape index (κ2) is 9.34. The standard InChI is InChI=1S/C19H29NO4S/c1-16-7-9-17(10-8-16)5-3-4-6-19(21)20(12-13-24-2)18-11-14-25(22,23)15-18/h7-10,18H,3-6,11-15H2,1-2H3. The Morgan fingerprint density at radius 1 is 1.24 bits per heavy atom. The first-order valence-corrected chi connectivity index (χ1v) is 10.8. The molecule has 0 N–H and O–H groups in total. The van der Waals surface area contributed by atoms with Crippen LogP contribution in [0, 0.1) is 6.92 Å². The first kappa shape index (κ1) is 19.9. The number of rotatable bonds is 9. The van der Waals surface area contributed by atoms with Gasteiger partial charge in [0.05, 0.1) is 18.1 Å². The third kappa shape index (κ3) is 6.44. The van der Waals surface area contributed by atoms with E-state index >= 15 is 0 Å². The van der Waals surface area contributed by atoms with Crippen molar-refractivity contribution in [1.82, 2.24) is 4.90 Å². The van der Waals surface area contributed by atoms with Gasteiger partial charge in [0.25, 0.3) is 0 Å². The van der Waals surface area contributed by atoms with E-state index in [1.807, 2.05) is 0 Å². The molecule has 1 atom stereocenters. The lowest BCUT2D eigenvalue weighted by atomic mass is 10.0. The zero-order valence-electron chi connectivity index (χ0n) is 15.2. The van der Waals surface area contributed by atoms with Crippen LogP contribution in [0.25, 0.3) is 0 Å². The van der Waals surface area contributed by atoms with Crippen LogP contribution in [0.15, 0.2) is 24.3 Å². The van der Waals surface area contributed by atoms with Crippen molar-refractivity contribution in [2.24, 2.45) is 0 Å². The summed E-state index contributed by atoms with van der Waals surface area (Å²) in [5.41, 5.74) is 2.54. The number of aryl methyl sites for hydroxylation is 2. The predicted molar refractivity (Wildman–Crippen MR) is 99.4 cm³/mol. The highest BCUT2D eigenvalue weighted by molar-refractivity contribution is 7.91. The van der Waals surface area contributed by atoms with Gasteiger partial charge >= 0.3 is 0 Å². The van der Waals surface area contributed by atoms with Gasteiger partial charge in [0, 0.05) is 26.1 Å². The molecule has 6 heteroatoms. The number of sulfone groups is 1. The molecule has 5 nitrogen and oxygen atoms in total. The number of unbranched alkanes of at least 4 members (excludes halogenated alkanes) is 1. The minimum absolute atomic E-state index is 0.0445. The van der Waals surface area contributed by atoms with Crippen molar-refractivity contribution >= 4 is 15.7 Å². The van der Waals surface area contributed by atoms with Crippen LogP contribution in [-0.4, -0.2) is 57.0 Å². The molecule has 1 heterocycles. The van der Waals surface area contributed by atoms with E-state index in [9.17, 15) is 13.2 Å². The first-order valence-electron chi connectivity index (χ1n) is 8.95. The molecule has 0 bridgehead atoms. The van der Waals surface area contributed by atoms with Crippen LogP contribution in [0.5, 0.6) is 0 Å². The van der Waals surface area contributed by atoms with Gasteiger partial charge in [-0.25, -0.2) is 8.42 Å². The largest absolute Gasteiger partial charge is 0.383 e. The molecule has 0 aromatic heterocycles. The lowest BCUT2D eigenvalue weighted by Crippen LogP contribution is -2.43. The Morgan fingerprint density at radius 3 is 2.56 bits per heavy atom. The number of benzene rings is 1. The van der Waals surface area contributed by atoms with E-state index in [1.54, 1.807) is 12.0 Å². The quantitative estimate of drug-likeness (QED) is 0.629. The van der Waals surface area contributed by atoms with Crippen molar-refractivity contribution in [1.29, 1.82) is 0 Å². The zero-order valence-corrected chi connectivity index (χ0v) is 16.1. The molecule has 1 aliphatic heterocycles. The zero-order chi connectivity index (χ0) is 18.3. The highest BCUT2D eigenvalue weighted by Crippen LogP contribution is 2.19. The van der Waals surface area contributed by atoms with Crippen LogP contribution < -0.4 is 0 Å². The van der Waals surface area contributed by atoms with Crippen molar-refractivity contribution in [3.8, 4) is 0 Å². The van der Waals surface area contributed by atoms with E-state index in [-0.39, 0.29) is 23.5 Å². The molecule has 2 rings (SSSR count). The number of nitrogens with zero attached hydrogens (tertiary/aromatic N) is 1. The van der Waals surface area contributed by atoms with Gasteiger partial charge in [0.2, 0.25) is 5.91 Å². The maximum absolute atomic E-state index is 12.6. The summed E-state index contributed by atoms with van der Waals surface area (Å²) in [6, 6.07) is 8.28. The summed E-state index contributed by atoms with van der Waals surface area (Å²) in [6.45, 7) is 2.97. The smallest absolute Gasteiger partial charge is 0.222 e. The summed E-state index contributed by atoms with van der Waals surface area (Å²) in [5.74, 6) is 0.316. The number of carbonyl (C=O) groups excluding carboxylic acids is 1. The predicted octanol–water partition coefficient (Wildman–Crippen LogP) is 2.37. The number of ether oxygens (including phenoxy) is 1.